The highest BCUT2D eigenvalue weighted by Crippen LogP contribution is 2.26. The zero-order valence-electron chi connectivity index (χ0n) is 15.6. The number of rotatable bonds is 5. The van der Waals surface area contributed by atoms with Crippen LogP contribution in [0, 0.1) is 10.1 Å². The summed E-state index contributed by atoms with van der Waals surface area (Å²) in [5, 5.41) is 16.0. The molecule has 1 fully saturated rings. The number of hydrogen-bond donors (Lipinski definition) is 2. The van der Waals surface area contributed by atoms with Gasteiger partial charge in [0.2, 0.25) is 0 Å². The normalized spacial score (nSPS) is 14.9. The van der Waals surface area contributed by atoms with Crippen molar-refractivity contribution in [2.45, 2.75) is 25.4 Å². The van der Waals surface area contributed by atoms with Crippen molar-refractivity contribution in [2.75, 3.05) is 18.4 Å². The van der Waals surface area contributed by atoms with Gasteiger partial charge in [0.05, 0.1) is 15.6 Å². The standard InChI is InChI=1S/C20H21ClN4O4/c21-17-7-6-16(25(28)29)12-18(17)23-20(27)19(26)22-15-8-10-24(11-9-15)13-14-4-2-1-3-5-14/h1-7,12,15H,8-11,13H2,(H,22,26)(H,23,27). The van der Waals surface area contributed by atoms with Crippen LogP contribution in [0.4, 0.5) is 11.4 Å². The second-order valence-electron chi connectivity index (χ2n) is 6.88. The molecule has 8 nitrogen and oxygen atoms in total. The lowest BCUT2D eigenvalue weighted by molar-refractivity contribution is -0.384. The Morgan fingerprint density at radius 2 is 1.79 bits per heavy atom. The Bertz CT molecular complexity index is 899. The molecule has 2 aromatic carbocycles. The van der Waals surface area contributed by atoms with Gasteiger partial charge in [0.1, 0.15) is 0 Å². The first-order valence-corrected chi connectivity index (χ1v) is 9.62. The smallest absolute Gasteiger partial charge is 0.313 e. The zero-order chi connectivity index (χ0) is 20.8. The molecule has 1 aliphatic heterocycles. The van der Waals surface area contributed by atoms with Gasteiger partial charge in [0.25, 0.3) is 5.69 Å². The predicted molar refractivity (Wildman–Crippen MR) is 110 cm³/mol. The molecule has 0 bridgehead atoms. The van der Waals surface area contributed by atoms with Crippen molar-refractivity contribution in [3.8, 4) is 0 Å². The van der Waals surface area contributed by atoms with E-state index in [9.17, 15) is 19.7 Å². The Morgan fingerprint density at radius 1 is 1.10 bits per heavy atom. The molecule has 29 heavy (non-hydrogen) atoms. The van der Waals surface area contributed by atoms with E-state index in [2.05, 4.69) is 27.7 Å². The second-order valence-corrected chi connectivity index (χ2v) is 7.29. The molecule has 9 heteroatoms. The largest absolute Gasteiger partial charge is 0.345 e. The molecular formula is C20H21ClN4O4. The minimum Gasteiger partial charge on any atom is -0.345 e. The lowest BCUT2D eigenvalue weighted by Crippen LogP contribution is -2.47. The van der Waals surface area contributed by atoms with E-state index in [0.717, 1.165) is 38.5 Å². The number of anilines is 1. The highest BCUT2D eigenvalue weighted by atomic mass is 35.5. The Hall–Kier alpha value is -2.97. The summed E-state index contributed by atoms with van der Waals surface area (Å²) in [7, 11) is 0. The number of benzene rings is 2. The van der Waals surface area contributed by atoms with Crippen molar-refractivity contribution in [1.29, 1.82) is 0 Å². The molecule has 0 unspecified atom stereocenters. The lowest BCUT2D eigenvalue weighted by atomic mass is 10.0. The number of nitrogens with zero attached hydrogens (tertiary/aromatic N) is 2. The molecule has 2 amide bonds. The van der Waals surface area contributed by atoms with Crippen LogP contribution < -0.4 is 10.6 Å². The number of nitro groups is 1. The summed E-state index contributed by atoms with van der Waals surface area (Å²) in [4.78, 5) is 36.9. The van der Waals surface area contributed by atoms with Gasteiger partial charge in [-0.25, -0.2) is 0 Å². The van der Waals surface area contributed by atoms with Crippen molar-refractivity contribution in [2.24, 2.45) is 0 Å². The van der Waals surface area contributed by atoms with Gasteiger partial charge in [-0.05, 0) is 24.5 Å². The van der Waals surface area contributed by atoms with Gasteiger partial charge in [-0.15, -0.1) is 0 Å². The van der Waals surface area contributed by atoms with Crippen LogP contribution in [0.3, 0.4) is 0 Å². The number of halogens is 1. The molecule has 152 valence electrons. The summed E-state index contributed by atoms with van der Waals surface area (Å²) in [5.74, 6) is -1.69. The Morgan fingerprint density at radius 3 is 2.45 bits per heavy atom. The first-order valence-electron chi connectivity index (χ1n) is 9.24. The lowest BCUT2D eigenvalue weighted by Gasteiger charge is -2.32. The fourth-order valence-corrected chi connectivity index (χ4v) is 3.39. The minimum atomic E-state index is -0.904. The number of nitrogens with one attached hydrogen (secondary N) is 2. The predicted octanol–water partition coefficient (Wildman–Crippen LogP) is 2.97. The highest BCUT2D eigenvalue weighted by Gasteiger charge is 2.24. The first-order chi connectivity index (χ1) is 13.9. The third-order valence-corrected chi connectivity index (χ3v) is 5.12. The zero-order valence-corrected chi connectivity index (χ0v) is 16.4. The van der Waals surface area contributed by atoms with Crippen LogP contribution in [0.15, 0.2) is 48.5 Å². The van der Waals surface area contributed by atoms with Crippen LogP contribution in [0.1, 0.15) is 18.4 Å². The summed E-state index contributed by atoms with van der Waals surface area (Å²) >= 11 is 5.95. The number of likely N-dealkylation sites (tertiary alicyclic amines) is 1. The fourth-order valence-electron chi connectivity index (χ4n) is 3.23. The van der Waals surface area contributed by atoms with Crippen molar-refractivity contribution in [3.63, 3.8) is 0 Å². The van der Waals surface area contributed by atoms with Gasteiger partial charge >= 0.3 is 11.8 Å². The van der Waals surface area contributed by atoms with Crippen LogP contribution in [-0.4, -0.2) is 40.8 Å². The molecule has 0 saturated carbocycles. The van der Waals surface area contributed by atoms with Gasteiger partial charge in [-0.2, -0.15) is 0 Å². The quantitative estimate of drug-likeness (QED) is 0.443. The molecule has 2 aromatic rings. The molecule has 2 N–H and O–H groups in total. The molecular weight excluding hydrogens is 396 g/mol. The summed E-state index contributed by atoms with van der Waals surface area (Å²) in [6.45, 7) is 2.49. The average molecular weight is 417 g/mol. The van der Waals surface area contributed by atoms with Crippen LogP contribution in [-0.2, 0) is 16.1 Å². The number of carbonyl (C=O) groups excluding carboxylic acids is 2. The van der Waals surface area contributed by atoms with Gasteiger partial charge in [-0.1, -0.05) is 41.9 Å². The van der Waals surface area contributed by atoms with E-state index in [0.29, 0.717) is 0 Å². The Labute approximate surface area is 173 Å². The molecule has 0 atom stereocenters. The third kappa shape index (κ3) is 5.75. The summed E-state index contributed by atoms with van der Waals surface area (Å²) in [6, 6.07) is 13.7. The van der Waals surface area contributed by atoms with E-state index in [1.165, 1.54) is 17.7 Å². The SMILES string of the molecule is O=C(Nc1cc([N+](=O)[O-])ccc1Cl)C(=O)NC1CCN(Cc2ccccc2)CC1. The van der Waals surface area contributed by atoms with E-state index in [-0.39, 0.29) is 22.4 Å². The van der Waals surface area contributed by atoms with Crippen molar-refractivity contribution >= 4 is 34.8 Å². The van der Waals surface area contributed by atoms with E-state index in [4.69, 9.17) is 11.6 Å². The molecule has 1 saturated heterocycles. The number of amides is 2. The van der Waals surface area contributed by atoms with Crippen LogP contribution in [0.2, 0.25) is 5.02 Å². The number of non-ortho nitro benzene ring substituents is 1. The van der Waals surface area contributed by atoms with Crippen molar-refractivity contribution in [3.05, 3.63) is 69.2 Å². The molecule has 1 aliphatic rings. The summed E-state index contributed by atoms with van der Waals surface area (Å²) < 4.78 is 0. The third-order valence-electron chi connectivity index (χ3n) is 4.79. The van der Waals surface area contributed by atoms with Gasteiger partial charge < -0.3 is 10.6 Å². The molecule has 3 rings (SSSR count). The van der Waals surface area contributed by atoms with Gasteiger partial charge in [-0.3, -0.25) is 24.6 Å². The van der Waals surface area contributed by atoms with Gasteiger partial charge in [0, 0.05) is 37.8 Å². The van der Waals surface area contributed by atoms with Gasteiger partial charge in [0.15, 0.2) is 0 Å². The topological polar surface area (TPSA) is 105 Å². The van der Waals surface area contributed by atoms with E-state index in [1.54, 1.807) is 0 Å². The molecule has 1 heterocycles. The maximum atomic E-state index is 12.2. The second kappa shape index (κ2) is 9.49. The maximum absolute atomic E-state index is 12.2. The maximum Gasteiger partial charge on any atom is 0.313 e. The minimum absolute atomic E-state index is 0.0266. The molecule has 0 radical (unpaired) electrons. The molecule has 0 aromatic heterocycles. The summed E-state index contributed by atoms with van der Waals surface area (Å²) in [5.41, 5.74) is 1.04. The monoisotopic (exact) mass is 416 g/mol. The average Bonchev–Trinajstić information content (AvgIpc) is 2.71. The van der Waals surface area contributed by atoms with E-state index >= 15 is 0 Å². The first kappa shape index (κ1) is 20.8. The fraction of sp³-hybridized carbons (Fsp3) is 0.300. The highest BCUT2D eigenvalue weighted by molar-refractivity contribution is 6.41. The summed E-state index contributed by atoms with van der Waals surface area (Å²) in [6.07, 6.45) is 1.48. The van der Waals surface area contributed by atoms with Crippen LogP contribution in [0.25, 0.3) is 0 Å². The number of hydrogen-bond acceptors (Lipinski definition) is 5. The Balaban J connectivity index is 1.49. The van der Waals surface area contributed by atoms with Crippen LogP contribution in [0.5, 0.6) is 0 Å². The van der Waals surface area contributed by atoms with Crippen molar-refractivity contribution in [1.82, 2.24) is 10.2 Å². The van der Waals surface area contributed by atoms with E-state index in [1.807, 2.05) is 18.2 Å². The number of piperidine rings is 1. The molecule has 0 aliphatic carbocycles. The van der Waals surface area contributed by atoms with E-state index < -0.39 is 16.7 Å². The Kier molecular flexibility index (Phi) is 6.79. The van der Waals surface area contributed by atoms with Crippen LogP contribution >= 0.6 is 11.6 Å². The number of nitro benzene ring substituents is 1. The molecule has 0 spiro atoms. The number of carbonyl (C=O) groups is 2. The van der Waals surface area contributed by atoms with Crippen molar-refractivity contribution < 1.29 is 14.5 Å².